The molecular weight excluding hydrogens is 388 g/mol. The summed E-state index contributed by atoms with van der Waals surface area (Å²) in [6.07, 6.45) is 2.05. The number of ether oxygens (including phenoxy) is 3. The molecule has 0 aliphatic carbocycles. The molecule has 30 heavy (non-hydrogen) atoms. The fourth-order valence-electron chi connectivity index (χ4n) is 3.09. The predicted molar refractivity (Wildman–Crippen MR) is 110 cm³/mol. The van der Waals surface area contributed by atoms with Crippen LogP contribution in [-0.4, -0.2) is 45.5 Å². The Balaban J connectivity index is 1.54. The van der Waals surface area contributed by atoms with E-state index >= 15 is 0 Å². The molecule has 1 aliphatic rings. The van der Waals surface area contributed by atoms with Crippen LogP contribution in [-0.2, 0) is 9.53 Å². The molecule has 1 aliphatic heterocycles. The van der Waals surface area contributed by atoms with Crippen molar-refractivity contribution in [3.63, 3.8) is 0 Å². The summed E-state index contributed by atoms with van der Waals surface area (Å²) in [5, 5.41) is 3.98. The Kier molecular flexibility index (Phi) is 6.99. The number of methoxy groups -OCH3 is 3. The van der Waals surface area contributed by atoms with E-state index in [0.29, 0.717) is 23.5 Å². The Morgan fingerprint density at radius 1 is 1.03 bits per heavy atom. The Morgan fingerprint density at radius 3 is 2.43 bits per heavy atom. The second-order valence-corrected chi connectivity index (χ2v) is 6.59. The lowest BCUT2D eigenvalue weighted by atomic mass is 10.0. The zero-order valence-electron chi connectivity index (χ0n) is 17.0. The first-order valence-electron chi connectivity index (χ1n) is 9.30. The van der Waals surface area contributed by atoms with E-state index in [1.165, 1.54) is 13.3 Å². The van der Waals surface area contributed by atoms with E-state index in [4.69, 9.17) is 9.47 Å². The van der Waals surface area contributed by atoms with Crippen molar-refractivity contribution in [2.24, 2.45) is 5.10 Å². The monoisotopic (exact) mass is 412 g/mol. The van der Waals surface area contributed by atoms with Gasteiger partial charge in [-0.2, -0.15) is 5.10 Å². The molecule has 0 bridgehead atoms. The molecule has 1 saturated heterocycles. The van der Waals surface area contributed by atoms with Gasteiger partial charge in [0.15, 0.2) is 11.5 Å². The topological polar surface area (TPSA) is 110 Å². The summed E-state index contributed by atoms with van der Waals surface area (Å²) in [5.74, 6) is 0.617. The highest BCUT2D eigenvalue weighted by atomic mass is 16.5. The van der Waals surface area contributed by atoms with E-state index in [-0.39, 0.29) is 11.9 Å². The van der Waals surface area contributed by atoms with Crippen LogP contribution in [0.15, 0.2) is 47.6 Å². The Morgan fingerprint density at radius 2 is 1.77 bits per heavy atom. The molecule has 158 valence electrons. The molecule has 9 heteroatoms. The fraction of sp³-hybridized carbons (Fsp3) is 0.286. The molecule has 0 radical (unpaired) electrons. The van der Waals surface area contributed by atoms with Crippen LogP contribution in [0, 0.1) is 0 Å². The highest BCUT2D eigenvalue weighted by Gasteiger charge is 2.30. The van der Waals surface area contributed by atoms with E-state index in [0.717, 1.165) is 11.1 Å². The number of hydrazone groups is 1. The Hall–Kier alpha value is -3.43. The van der Waals surface area contributed by atoms with Gasteiger partial charge < -0.3 is 14.2 Å². The maximum atomic E-state index is 12.4. The molecule has 2 unspecified atom stereocenters. The van der Waals surface area contributed by atoms with Crippen LogP contribution in [0.2, 0.25) is 0 Å². The van der Waals surface area contributed by atoms with Crippen molar-refractivity contribution < 1.29 is 23.8 Å². The van der Waals surface area contributed by atoms with E-state index in [1.54, 1.807) is 38.5 Å². The van der Waals surface area contributed by atoms with Crippen LogP contribution in [0.1, 0.15) is 33.9 Å². The van der Waals surface area contributed by atoms with E-state index in [9.17, 15) is 9.59 Å². The maximum absolute atomic E-state index is 12.4. The molecule has 0 aromatic heterocycles. The zero-order chi connectivity index (χ0) is 21.5. The highest BCUT2D eigenvalue weighted by Crippen LogP contribution is 2.32. The summed E-state index contributed by atoms with van der Waals surface area (Å²) >= 11 is 0. The highest BCUT2D eigenvalue weighted by molar-refractivity contribution is 5.91. The van der Waals surface area contributed by atoms with Gasteiger partial charge in [0.25, 0.3) is 5.91 Å². The van der Waals surface area contributed by atoms with Crippen molar-refractivity contribution in [3.05, 3.63) is 59.2 Å². The molecule has 1 heterocycles. The van der Waals surface area contributed by atoms with E-state index in [1.807, 2.05) is 18.2 Å². The van der Waals surface area contributed by atoms with Crippen molar-refractivity contribution in [2.75, 3.05) is 21.3 Å². The number of rotatable bonds is 7. The van der Waals surface area contributed by atoms with E-state index in [2.05, 4.69) is 26.1 Å². The molecule has 9 nitrogen and oxygen atoms in total. The Bertz CT molecular complexity index is 929. The Labute approximate surface area is 174 Å². The number of benzene rings is 2. The fourth-order valence-corrected chi connectivity index (χ4v) is 3.09. The van der Waals surface area contributed by atoms with Gasteiger partial charge in [-0.05, 0) is 41.8 Å². The molecule has 1 amide bonds. The number of nitrogens with one attached hydrogen (secondary N) is 3. The third-order valence-electron chi connectivity index (χ3n) is 4.75. The van der Waals surface area contributed by atoms with Gasteiger partial charge in [0, 0.05) is 6.04 Å². The van der Waals surface area contributed by atoms with Gasteiger partial charge in [0.05, 0.1) is 33.1 Å². The molecular formula is C21H24N4O5. The largest absolute Gasteiger partial charge is 0.493 e. The van der Waals surface area contributed by atoms with Gasteiger partial charge in [-0.15, -0.1) is 0 Å². The van der Waals surface area contributed by atoms with E-state index < -0.39 is 12.0 Å². The maximum Gasteiger partial charge on any atom is 0.337 e. The third-order valence-corrected chi connectivity index (χ3v) is 4.75. The lowest BCUT2D eigenvalue weighted by molar-refractivity contribution is -0.122. The smallest absolute Gasteiger partial charge is 0.337 e. The summed E-state index contributed by atoms with van der Waals surface area (Å²) in [6, 6.07) is 11.8. The van der Waals surface area contributed by atoms with Crippen molar-refractivity contribution in [1.29, 1.82) is 0 Å². The molecule has 1 fully saturated rings. The SMILES string of the molecule is COC(=O)c1ccc(/C=N/NC(=O)C2CC(c3ccc(OC)c(OC)c3)NN2)cc1. The van der Waals surface area contributed by atoms with Crippen LogP contribution in [0.3, 0.4) is 0 Å². The molecule has 0 spiro atoms. The standard InChI is InChI=1S/C21H24N4O5/c1-28-18-9-8-15(10-19(18)29-2)16-11-17(24-23-16)20(26)25-22-12-13-4-6-14(7-5-13)21(27)30-3/h4-10,12,16-17,23-24H,11H2,1-3H3,(H,25,26)/b22-12+. The van der Waals surface area contributed by atoms with Gasteiger partial charge in [0.2, 0.25) is 0 Å². The molecule has 2 aromatic carbocycles. The van der Waals surface area contributed by atoms with Gasteiger partial charge in [0.1, 0.15) is 6.04 Å². The second-order valence-electron chi connectivity index (χ2n) is 6.59. The van der Waals surface area contributed by atoms with Crippen LogP contribution in [0.4, 0.5) is 0 Å². The first-order chi connectivity index (χ1) is 14.5. The summed E-state index contributed by atoms with van der Waals surface area (Å²) in [7, 11) is 4.50. The van der Waals surface area contributed by atoms with Crippen molar-refractivity contribution in [3.8, 4) is 11.5 Å². The number of carbonyl (C=O) groups excluding carboxylic acids is 2. The molecule has 2 atom stereocenters. The minimum Gasteiger partial charge on any atom is -0.493 e. The number of hydrogen-bond donors (Lipinski definition) is 3. The molecule has 3 rings (SSSR count). The first-order valence-corrected chi connectivity index (χ1v) is 9.30. The lowest BCUT2D eigenvalue weighted by Gasteiger charge is -2.13. The minimum atomic E-state index is -0.443. The quantitative estimate of drug-likeness (QED) is 0.359. The van der Waals surface area contributed by atoms with Crippen molar-refractivity contribution in [2.45, 2.75) is 18.5 Å². The minimum absolute atomic E-state index is 0.0598. The van der Waals surface area contributed by atoms with Crippen LogP contribution >= 0.6 is 0 Å². The number of hydrazine groups is 1. The normalized spacial score (nSPS) is 18.2. The predicted octanol–water partition coefficient (Wildman–Crippen LogP) is 1.55. The molecule has 3 N–H and O–H groups in total. The lowest BCUT2D eigenvalue weighted by Crippen LogP contribution is -2.41. The number of hydrogen-bond acceptors (Lipinski definition) is 8. The second kappa shape index (κ2) is 9.86. The average Bonchev–Trinajstić information content (AvgIpc) is 3.29. The first kappa shape index (κ1) is 21.3. The summed E-state index contributed by atoms with van der Waals surface area (Å²) in [5.41, 5.74) is 10.8. The number of carbonyl (C=O) groups is 2. The van der Waals surface area contributed by atoms with Crippen LogP contribution in [0.25, 0.3) is 0 Å². The number of nitrogens with zero attached hydrogens (tertiary/aromatic N) is 1. The van der Waals surface area contributed by atoms with Gasteiger partial charge >= 0.3 is 5.97 Å². The van der Waals surface area contributed by atoms with Gasteiger partial charge in [-0.1, -0.05) is 18.2 Å². The van der Waals surface area contributed by atoms with Crippen LogP contribution < -0.4 is 25.8 Å². The number of amides is 1. The van der Waals surface area contributed by atoms with Crippen LogP contribution in [0.5, 0.6) is 11.5 Å². The summed E-state index contributed by atoms with van der Waals surface area (Å²) in [4.78, 5) is 23.8. The molecule has 0 saturated carbocycles. The third kappa shape index (κ3) is 4.94. The molecule has 2 aromatic rings. The summed E-state index contributed by atoms with van der Waals surface area (Å²) < 4.78 is 15.2. The van der Waals surface area contributed by atoms with Gasteiger partial charge in [-0.3, -0.25) is 4.79 Å². The number of esters is 1. The zero-order valence-corrected chi connectivity index (χ0v) is 17.0. The summed E-state index contributed by atoms with van der Waals surface area (Å²) in [6.45, 7) is 0. The van der Waals surface area contributed by atoms with Gasteiger partial charge in [-0.25, -0.2) is 21.1 Å². The van der Waals surface area contributed by atoms with Crippen molar-refractivity contribution >= 4 is 18.1 Å². The van der Waals surface area contributed by atoms with Crippen molar-refractivity contribution in [1.82, 2.24) is 16.3 Å². The average molecular weight is 412 g/mol.